The number of hydrogen-bond donors (Lipinski definition) is 1. The van der Waals surface area contributed by atoms with E-state index in [0.717, 1.165) is 18.6 Å². The van der Waals surface area contributed by atoms with Crippen LogP contribution in [0.4, 0.5) is 0 Å². The van der Waals surface area contributed by atoms with Crippen molar-refractivity contribution in [2.24, 2.45) is 16.1 Å². The first-order valence-corrected chi connectivity index (χ1v) is 13.7. The fourth-order valence-corrected chi connectivity index (χ4v) is 4.50. The average Bonchev–Trinajstić information content (AvgIpc) is 3.58. The molecule has 11 nitrogen and oxygen atoms in total. The second-order valence-electron chi connectivity index (χ2n) is 8.91. The molecule has 0 spiro atoms. The Morgan fingerprint density at radius 2 is 2.03 bits per heavy atom. The zero-order valence-electron chi connectivity index (χ0n) is 21.7. The second-order valence-corrected chi connectivity index (χ2v) is 9.90. The molecule has 2 aliphatic heterocycles. The van der Waals surface area contributed by atoms with Gasteiger partial charge in [-0.2, -0.15) is 4.91 Å². The second kappa shape index (κ2) is 15.8. The Kier molecular flexibility index (Phi) is 12.4. The number of carbonyl (C=O) groups excluding carboxylic acids is 1. The molecular formula is C25H38N4O7S. The number of ether oxygens (including phenoxy) is 4. The monoisotopic (exact) mass is 538 g/mol. The van der Waals surface area contributed by atoms with Gasteiger partial charge in [0, 0.05) is 25.0 Å². The Labute approximate surface area is 222 Å². The summed E-state index contributed by atoms with van der Waals surface area (Å²) in [5.41, 5.74) is 0. The van der Waals surface area contributed by atoms with E-state index < -0.39 is 6.04 Å². The van der Waals surface area contributed by atoms with Crippen LogP contribution < -0.4 is 5.32 Å². The molecule has 0 bridgehead atoms. The van der Waals surface area contributed by atoms with E-state index in [1.165, 1.54) is 24.6 Å². The fraction of sp³-hybridized carbons (Fsp3) is 0.680. The van der Waals surface area contributed by atoms with Gasteiger partial charge in [-0.3, -0.25) is 9.63 Å². The predicted molar refractivity (Wildman–Crippen MR) is 142 cm³/mol. The highest BCUT2D eigenvalue weighted by atomic mass is 32.2. The minimum Gasteiger partial charge on any atom is -0.493 e. The third-order valence-electron chi connectivity index (χ3n) is 5.68. The molecule has 2 heterocycles. The van der Waals surface area contributed by atoms with Crippen LogP contribution in [0.25, 0.3) is 0 Å². The highest BCUT2D eigenvalue weighted by Crippen LogP contribution is 2.31. The fourth-order valence-electron chi connectivity index (χ4n) is 3.53. The molecule has 2 unspecified atom stereocenters. The first kappa shape index (κ1) is 29.2. The summed E-state index contributed by atoms with van der Waals surface area (Å²) in [5, 5.41) is 8.02. The van der Waals surface area contributed by atoms with E-state index in [1.54, 1.807) is 18.2 Å². The lowest BCUT2D eigenvalue weighted by atomic mass is 10.1. The first-order valence-electron chi connectivity index (χ1n) is 12.7. The van der Waals surface area contributed by atoms with Crippen LogP contribution in [0.1, 0.15) is 32.6 Å². The van der Waals surface area contributed by atoms with Gasteiger partial charge in [0.15, 0.2) is 5.17 Å². The van der Waals surface area contributed by atoms with Gasteiger partial charge in [0.2, 0.25) is 5.91 Å². The molecule has 37 heavy (non-hydrogen) atoms. The Morgan fingerprint density at radius 3 is 2.76 bits per heavy atom. The molecular weight excluding hydrogens is 500 g/mol. The molecule has 1 amide bonds. The van der Waals surface area contributed by atoms with Gasteiger partial charge < -0.3 is 24.3 Å². The van der Waals surface area contributed by atoms with Gasteiger partial charge in [-0.15, -0.1) is 0 Å². The number of nitrogens with zero attached hydrogens (tertiary/aromatic N) is 3. The maximum atomic E-state index is 13.1. The number of amides is 1. The molecule has 0 saturated heterocycles. The highest BCUT2D eigenvalue weighted by Gasteiger charge is 2.31. The standard InChI is InChI=1S/C25H38N4O7S/c1-4-5-21(23-15-20(14-18(2)36-23)34-16-19-6-7-19)27-24(30)22-17-37-25(28-22)29(3)35-13-12-33-11-10-32-9-8-26-31/h14-15,19,21-22H,2,4-13,16-17H2,1,3H3,(H,27,30). The maximum Gasteiger partial charge on any atom is 0.246 e. The zero-order valence-corrected chi connectivity index (χ0v) is 22.5. The number of thioether (sulfide) groups is 1. The van der Waals surface area contributed by atoms with Crippen molar-refractivity contribution in [3.05, 3.63) is 40.9 Å². The van der Waals surface area contributed by atoms with E-state index in [2.05, 4.69) is 29.0 Å². The van der Waals surface area contributed by atoms with E-state index in [0.29, 0.717) is 68.0 Å². The van der Waals surface area contributed by atoms with E-state index in [4.69, 9.17) is 23.8 Å². The van der Waals surface area contributed by atoms with E-state index in [1.807, 2.05) is 6.08 Å². The van der Waals surface area contributed by atoms with Gasteiger partial charge in [0.25, 0.3) is 0 Å². The topological polar surface area (TPSA) is 120 Å². The summed E-state index contributed by atoms with van der Waals surface area (Å²) in [6.07, 6.45) is 7.65. The smallest absolute Gasteiger partial charge is 0.246 e. The Balaban J connectivity index is 1.43. The van der Waals surface area contributed by atoms with Gasteiger partial charge in [0.1, 0.15) is 29.9 Å². The van der Waals surface area contributed by atoms with E-state index in [-0.39, 0.29) is 18.5 Å². The molecule has 2 atom stereocenters. The number of allylic oxidation sites excluding steroid dienone is 2. The van der Waals surface area contributed by atoms with Gasteiger partial charge in [-0.05, 0) is 25.2 Å². The Bertz CT molecular complexity index is 875. The normalized spacial score (nSPS) is 19.9. The van der Waals surface area contributed by atoms with Gasteiger partial charge in [-0.1, -0.05) is 36.9 Å². The number of nitrogens with one attached hydrogen (secondary N) is 1. The summed E-state index contributed by atoms with van der Waals surface area (Å²) in [6, 6.07) is -0.815. The molecule has 0 aromatic heterocycles. The van der Waals surface area contributed by atoms with Crippen molar-refractivity contribution >= 4 is 22.8 Å². The van der Waals surface area contributed by atoms with Crippen LogP contribution in [0.2, 0.25) is 0 Å². The van der Waals surface area contributed by atoms with Crippen LogP contribution in [-0.2, 0) is 28.6 Å². The Hall–Kier alpha value is -2.41. The predicted octanol–water partition coefficient (Wildman–Crippen LogP) is 3.14. The van der Waals surface area contributed by atoms with Crippen molar-refractivity contribution in [1.82, 2.24) is 10.4 Å². The van der Waals surface area contributed by atoms with Crippen molar-refractivity contribution in [3.8, 4) is 0 Å². The third-order valence-corrected chi connectivity index (χ3v) is 6.78. The van der Waals surface area contributed by atoms with Crippen LogP contribution in [0.15, 0.2) is 46.2 Å². The number of rotatable bonds is 18. The van der Waals surface area contributed by atoms with Crippen LogP contribution in [0.3, 0.4) is 0 Å². The van der Waals surface area contributed by atoms with Gasteiger partial charge in [-0.25, -0.2) is 10.1 Å². The van der Waals surface area contributed by atoms with E-state index >= 15 is 0 Å². The summed E-state index contributed by atoms with van der Waals surface area (Å²) >= 11 is 1.46. The molecule has 12 heteroatoms. The lowest BCUT2D eigenvalue weighted by Crippen LogP contribution is -2.42. The number of hydrogen-bond acceptors (Lipinski definition) is 11. The largest absolute Gasteiger partial charge is 0.493 e. The number of amidine groups is 1. The first-order chi connectivity index (χ1) is 18.0. The van der Waals surface area contributed by atoms with Crippen molar-refractivity contribution in [2.75, 3.05) is 59.0 Å². The van der Waals surface area contributed by atoms with Crippen LogP contribution in [-0.4, -0.2) is 87.2 Å². The van der Waals surface area contributed by atoms with Crippen LogP contribution in [0.5, 0.6) is 0 Å². The SMILES string of the molecule is C=C1C=C(OCC2CC2)C=C(C(CCC)NC(=O)C2CSC(N(C)OCCOCCOCCN=O)=N2)O1. The summed E-state index contributed by atoms with van der Waals surface area (Å²) < 4.78 is 22.4. The lowest BCUT2D eigenvalue weighted by molar-refractivity contribution is -0.122. The molecule has 0 aromatic carbocycles. The minimum atomic E-state index is -0.520. The van der Waals surface area contributed by atoms with Crippen molar-refractivity contribution in [1.29, 1.82) is 0 Å². The van der Waals surface area contributed by atoms with Crippen molar-refractivity contribution < 1.29 is 28.6 Å². The number of hydroxylamine groups is 2. The van der Waals surface area contributed by atoms with Gasteiger partial charge >= 0.3 is 0 Å². The quantitative estimate of drug-likeness (QED) is 0.159. The minimum absolute atomic E-state index is 0.140. The number of aliphatic imine (C=N–C) groups is 1. The summed E-state index contributed by atoms with van der Waals surface area (Å²) in [7, 11) is 1.75. The van der Waals surface area contributed by atoms with Crippen molar-refractivity contribution in [2.45, 2.75) is 44.7 Å². The Morgan fingerprint density at radius 1 is 1.27 bits per heavy atom. The van der Waals surface area contributed by atoms with Crippen molar-refractivity contribution in [3.63, 3.8) is 0 Å². The van der Waals surface area contributed by atoms with Crippen LogP contribution in [0, 0.1) is 10.8 Å². The molecule has 206 valence electrons. The molecule has 1 saturated carbocycles. The van der Waals surface area contributed by atoms with Crippen LogP contribution >= 0.6 is 11.8 Å². The zero-order chi connectivity index (χ0) is 26.5. The molecule has 0 radical (unpaired) electrons. The number of nitroso groups, excluding NO2 is 1. The summed E-state index contributed by atoms with van der Waals surface area (Å²) in [6.45, 7) is 8.63. The molecule has 0 aromatic rings. The van der Waals surface area contributed by atoms with E-state index in [9.17, 15) is 9.70 Å². The summed E-state index contributed by atoms with van der Waals surface area (Å²) in [5.74, 6) is 2.86. The molecule has 1 fully saturated rings. The summed E-state index contributed by atoms with van der Waals surface area (Å²) in [4.78, 5) is 33.2. The molecule has 3 rings (SSSR count). The highest BCUT2D eigenvalue weighted by molar-refractivity contribution is 8.14. The third kappa shape index (κ3) is 10.5. The molecule has 1 aliphatic carbocycles. The molecule has 3 aliphatic rings. The molecule has 1 N–H and O–H groups in total. The van der Waals surface area contributed by atoms with Gasteiger partial charge in [0.05, 0.1) is 45.7 Å². The lowest BCUT2D eigenvalue weighted by Gasteiger charge is -2.25. The number of carbonyl (C=O) groups is 1. The average molecular weight is 539 g/mol. The maximum absolute atomic E-state index is 13.1.